The highest BCUT2D eigenvalue weighted by Crippen LogP contribution is 2.18. The first kappa shape index (κ1) is 23.4. The van der Waals surface area contributed by atoms with Crippen LogP contribution in [0.5, 0.6) is 5.75 Å². The fraction of sp³-hybridized carbons (Fsp3) is 0.522. The molecular formula is C23H32N2O5. The molecule has 1 amide bonds. The molecule has 7 heteroatoms. The zero-order chi connectivity index (χ0) is 22.1. The predicted octanol–water partition coefficient (Wildman–Crippen LogP) is 4.36. The molecule has 0 saturated carbocycles. The molecule has 164 valence electrons. The van der Waals surface area contributed by atoms with E-state index >= 15 is 0 Å². The number of hydrogen-bond acceptors (Lipinski definition) is 6. The highest BCUT2D eigenvalue weighted by Gasteiger charge is 2.13. The number of hydrogen-bond donors (Lipinski definition) is 1. The third kappa shape index (κ3) is 7.54. The van der Waals surface area contributed by atoms with Gasteiger partial charge in [-0.25, -0.2) is 4.79 Å². The average molecular weight is 417 g/mol. The highest BCUT2D eigenvalue weighted by atomic mass is 16.5. The van der Waals surface area contributed by atoms with E-state index in [1.54, 1.807) is 24.3 Å². The zero-order valence-electron chi connectivity index (χ0n) is 18.5. The smallest absolute Gasteiger partial charge is 0.338 e. The summed E-state index contributed by atoms with van der Waals surface area (Å²) >= 11 is 0. The minimum Gasteiger partial charge on any atom is -0.489 e. The van der Waals surface area contributed by atoms with Crippen LogP contribution in [0.25, 0.3) is 0 Å². The first-order valence-corrected chi connectivity index (χ1v) is 10.4. The van der Waals surface area contributed by atoms with Crippen LogP contribution in [0.1, 0.15) is 67.4 Å². The van der Waals surface area contributed by atoms with Crippen molar-refractivity contribution in [3.8, 4) is 5.75 Å². The van der Waals surface area contributed by atoms with Crippen molar-refractivity contribution in [1.82, 2.24) is 10.5 Å². The first-order chi connectivity index (χ1) is 14.3. The van der Waals surface area contributed by atoms with Gasteiger partial charge >= 0.3 is 5.97 Å². The zero-order valence-corrected chi connectivity index (χ0v) is 18.5. The summed E-state index contributed by atoms with van der Waals surface area (Å²) in [4.78, 5) is 24.1. The lowest BCUT2D eigenvalue weighted by molar-refractivity contribution is -0.124. The summed E-state index contributed by atoms with van der Waals surface area (Å²) in [6.07, 6.45) is 3.10. The van der Waals surface area contributed by atoms with Crippen molar-refractivity contribution in [1.29, 1.82) is 0 Å². The van der Waals surface area contributed by atoms with Crippen molar-refractivity contribution in [2.24, 2.45) is 5.92 Å². The van der Waals surface area contributed by atoms with E-state index in [0.717, 1.165) is 36.3 Å². The third-order valence-corrected chi connectivity index (χ3v) is 4.81. The van der Waals surface area contributed by atoms with Crippen LogP contribution in [-0.2, 0) is 16.1 Å². The molecule has 1 N–H and O–H groups in total. The fourth-order valence-electron chi connectivity index (χ4n) is 2.99. The lowest BCUT2D eigenvalue weighted by Gasteiger charge is -2.14. The van der Waals surface area contributed by atoms with Gasteiger partial charge in [-0.2, -0.15) is 0 Å². The minimum absolute atomic E-state index is 0.0593. The molecule has 30 heavy (non-hydrogen) atoms. The summed E-state index contributed by atoms with van der Waals surface area (Å²) in [5.41, 5.74) is 2.06. The second-order valence-corrected chi connectivity index (χ2v) is 7.99. The Hall–Kier alpha value is -2.83. The molecule has 1 atom stereocenters. The van der Waals surface area contributed by atoms with Gasteiger partial charge in [-0.05, 0) is 57.4 Å². The molecule has 7 nitrogen and oxygen atoms in total. The van der Waals surface area contributed by atoms with Crippen LogP contribution in [0.4, 0.5) is 0 Å². The number of esters is 1. The van der Waals surface area contributed by atoms with Crippen LogP contribution in [0, 0.1) is 19.8 Å². The van der Waals surface area contributed by atoms with Crippen LogP contribution in [0.3, 0.4) is 0 Å². The van der Waals surface area contributed by atoms with Crippen molar-refractivity contribution in [3.05, 3.63) is 46.8 Å². The largest absolute Gasteiger partial charge is 0.489 e. The van der Waals surface area contributed by atoms with E-state index in [0.29, 0.717) is 23.8 Å². The number of nitrogens with one attached hydrogen (secondary N) is 1. The molecule has 1 unspecified atom stereocenters. The fourth-order valence-corrected chi connectivity index (χ4v) is 2.99. The van der Waals surface area contributed by atoms with Crippen molar-refractivity contribution in [3.63, 3.8) is 0 Å². The number of aromatic nitrogens is 1. The van der Waals surface area contributed by atoms with E-state index < -0.39 is 5.97 Å². The van der Waals surface area contributed by atoms with Gasteiger partial charge in [-0.3, -0.25) is 4.79 Å². The Morgan fingerprint density at radius 1 is 1.10 bits per heavy atom. The topological polar surface area (TPSA) is 90.7 Å². The van der Waals surface area contributed by atoms with Gasteiger partial charge in [0.05, 0.1) is 16.8 Å². The normalized spacial score (nSPS) is 11.9. The van der Waals surface area contributed by atoms with Gasteiger partial charge in [-0.1, -0.05) is 31.8 Å². The molecular weight excluding hydrogens is 384 g/mol. The van der Waals surface area contributed by atoms with Crippen molar-refractivity contribution >= 4 is 11.9 Å². The van der Waals surface area contributed by atoms with Gasteiger partial charge in [0, 0.05) is 6.04 Å². The van der Waals surface area contributed by atoms with Crippen LogP contribution < -0.4 is 10.1 Å². The van der Waals surface area contributed by atoms with Gasteiger partial charge in [0.15, 0.2) is 6.61 Å². The molecule has 0 aliphatic carbocycles. The SMILES string of the molecule is Cc1noc(C)c1COc1ccc(C(=O)OCC(=O)NC(C)CCCC(C)C)cc1. The average Bonchev–Trinajstić information content (AvgIpc) is 3.02. The molecule has 0 aliphatic heterocycles. The number of aryl methyl sites for hydroxylation is 2. The second kappa shape index (κ2) is 11.4. The van der Waals surface area contributed by atoms with Crippen LogP contribution in [0.15, 0.2) is 28.8 Å². The third-order valence-electron chi connectivity index (χ3n) is 4.81. The monoisotopic (exact) mass is 416 g/mol. The Bertz CT molecular complexity index is 807. The maximum absolute atomic E-state index is 12.2. The Balaban J connectivity index is 1.74. The molecule has 0 spiro atoms. The van der Waals surface area contributed by atoms with Gasteiger partial charge in [0.25, 0.3) is 5.91 Å². The number of amides is 1. The van der Waals surface area contributed by atoms with E-state index in [9.17, 15) is 9.59 Å². The summed E-state index contributed by atoms with van der Waals surface area (Å²) in [6, 6.07) is 6.65. The Morgan fingerprint density at radius 3 is 2.40 bits per heavy atom. The highest BCUT2D eigenvalue weighted by molar-refractivity contribution is 5.91. The standard InChI is InChI=1S/C23H32N2O5/c1-15(2)7-6-8-16(3)24-22(26)14-29-23(27)19-9-11-20(12-10-19)28-13-21-17(4)25-30-18(21)5/h9-12,15-16H,6-8,13-14H2,1-5H3,(H,24,26). The molecule has 0 fully saturated rings. The number of benzene rings is 1. The van der Waals surface area contributed by atoms with Crippen LogP contribution in [-0.4, -0.2) is 29.7 Å². The molecule has 2 aromatic rings. The van der Waals surface area contributed by atoms with Gasteiger partial charge in [0.2, 0.25) is 0 Å². The lowest BCUT2D eigenvalue weighted by Crippen LogP contribution is -2.35. The Labute approximate surface area is 178 Å². The number of carbonyl (C=O) groups excluding carboxylic acids is 2. The van der Waals surface area contributed by atoms with Gasteiger partial charge in [0.1, 0.15) is 18.1 Å². The maximum atomic E-state index is 12.2. The Morgan fingerprint density at radius 2 is 1.80 bits per heavy atom. The van der Waals surface area contributed by atoms with Crippen LogP contribution >= 0.6 is 0 Å². The summed E-state index contributed by atoms with van der Waals surface area (Å²) in [5, 5.41) is 6.75. The number of ether oxygens (including phenoxy) is 2. The predicted molar refractivity (Wildman–Crippen MR) is 113 cm³/mol. The second-order valence-electron chi connectivity index (χ2n) is 7.99. The van der Waals surface area contributed by atoms with E-state index in [-0.39, 0.29) is 18.6 Å². The molecule has 0 radical (unpaired) electrons. The summed E-state index contributed by atoms with van der Waals surface area (Å²) < 4.78 is 15.9. The molecule has 1 aromatic carbocycles. The van der Waals surface area contributed by atoms with Crippen molar-refractivity contribution in [2.75, 3.05) is 6.61 Å². The van der Waals surface area contributed by atoms with Crippen LogP contribution in [0.2, 0.25) is 0 Å². The quantitative estimate of drug-likeness (QED) is 0.548. The van der Waals surface area contributed by atoms with E-state index in [1.165, 1.54) is 0 Å². The van der Waals surface area contributed by atoms with E-state index in [1.807, 2.05) is 20.8 Å². The lowest BCUT2D eigenvalue weighted by atomic mass is 10.0. The molecule has 1 heterocycles. The number of nitrogens with zero attached hydrogens (tertiary/aromatic N) is 1. The first-order valence-electron chi connectivity index (χ1n) is 10.4. The summed E-state index contributed by atoms with van der Waals surface area (Å²) in [7, 11) is 0. The molecule has 0 aliphatic rings. The molecule has 1 aromatic heterocycles. The van der Waals surface area contributed by atoms with Gasteiger partial charge in [-0.15, -0.1) is 0 Å². The van der Waals surface area contributed by atoms with Crippen molar-refractivity contribution in [2.45, 2.75) is 66.5 Å². The number of carbonyl (C=O) groups is 2. The molecule has 2 rings (SSSR count). The summed E-state index contributed by atoms with van der Waals surface area (Å²) in [5.74, 6) is 1.15. The van der Waals surface area contributed by atoms with Gasteiger partial charge < -0.3 is 19.3 Å². The maximum Gasteiger partial charge on any atom is 0.338 e. The molecule has 0 saturated heterocycles. The minimum atomic E-state index is -0.546. The van der Waals surface area contributed by atoms with E-state index in [4.69, 9.17) is 14.0 Å². The summed E-state index contributed by atoms with van der Waals surface area (Å²) in [6.45, 7) is 10.1. The molecule has 0 bridgehead atoms. The Kier molecular flexibility index (Phi) is 8.89. The van der Waals surface area contributed by atoms with Crippen molar-refractivity contribution < 1.29 is 23.6 Å². The van der Waals surface area contributed by atoms with E-state index in [2.05, 4.69) is 24.3 Å². The number of rotatable bonds is 11.